The highest BCUT2D eigenvalue weighted by atomic mass is 16.2. The summed E-state index contributed by atoms with van der Waals surface area (Å²) >= 11 is 0. The summed E-state index contributed by atoms with van der Waals surface area (Å²) in [5.41, 5.74) is 2.15. The maximum Gasteiger partial charge on any atom is 0.253 e. The first-order valence-corrected chi connectivity index (χ1v) is 10.9. The minimum absolute atomic E-state index is 0.197. The molecule has 4 heteroatoms. The lowest BCUT2D eigenvalue weighted by molar-refractivity contribution is 0.0595. The van der Waals surface area contributed by atoms with E-state index in [1.54, 1.807) is 0 Å². The summed E-state index contributed by atoms with van der Waals surface area (Å²) in [6.07, 6.45) is 6.42. The number of nitrogens with zero attached hydrogens (tertiary/aromatic N) is 3. The van der Waals surface area contributed by atoms with Crippen LogP contribution in [-0.2, 0) is 6.42 Å². The Labute approximate surface area is 165 Å². The van der Waals surface area contributed by atoms with Crippen LogP contribution in [-0.4, -0.2) is 72.0 Å². The second kappa shape index (κ2) is 9.70. The molecular formula is C23H37N3O. The Balaban J connectivity index is 1.59. The molecule has 1 amide bonds. The number of hydrogen-bond acceptors (Lipinski definition) is 3. The lowest BCUT2D eigenvalue weighted by atomic mass is 10.0. The Hall–Kier alpha value is -1.39. The van der Waals surface area contributed by atoms with Gasteiger partial charge in [0.2, 0.25) is 0 Å². The third-order valence-corrected chi connectivity index (χ3v) is 6.30. The molecule has 1 atom stereocenters. The van der Waals surface area contributed by atoms with Crippen LogP contribution in [0.3, 0.4) is 0 Å². The number of hydrogen-bond donors (Lipinski definition) is 0. The van der Waals surface area contributed by atoms with Gasteiger partial charge in [0, 0.05) is 43.8 Å². The highest BCUT2D eigenvalue weighted by Gasteiger charge is 2.23. The smallest absolute Gasteiger partial charge is 0.253 e. The van der Waals surface area contributed by atoms with E-state index in [0.717, 1.165) is 38.2 Å². The summed E-state index contributed by atoms with van der Waals surface area (Å²) < 4.78 is 0. The molecule has 4 nitrogen and oxygen atoms in total. The first-order valence-electron chi connectivity index (χ1n) is 10.9. The van der Waals surface area contributed by atoms with Crippen molar-refractivity contribution in [3.8, 4) is 0 Å². The molecule has 150 valence electrons. The van der Waals surface area contributed by atoms with Crippen LogP contribution in [0.5, 0.6) is 0 Å². The van der Waals surface area contributed by atoms with E-state index in [1.807, 2.05) is 11.0 Å². The van der Waals surface area contributed by atoms with Gasteiger partial charge in [-0.1, -0.05) is 25.0 Å². The van der Waals surface area contributed by atoms with Crippen LogP contribution in [0.15, 0.2) is 24.3 Å². The van der Waals surface area contributed by atoms with Gasteiger partial charge in [-0.2, -0.15) is 0 Å². The van der Waals surface area contributed by atoms with Gasteiger partial charge in [0.1, 0.15) is 0 Å². The van der Waals surface area contributed by atoms with E-state index in [0.29, 0.717) is 12.1 Å². The Morgan fingerprint density at radius 2 is 1.56 bits per heavy atom. The fourth-order valence-corrected chi connectivity index (χ4v) is 4.46. The van der Waals surface area contributed by atoms with Crippen LogP contribution in [0.25, 0.3) is 0 Å². The molecule has 2 heterocycles. The van der Waals surface area contributed by atoms with E-state index in [4.69, 9.17) is 0 Å². The van der Waals surface area contributed by atoms with Crippen LogP contribution in [0.4, 0.5) is 0 Å². The third kappa shape index (κ3) is 5.55. The molecule has 2 aliphatic heterocycles. The SMILES string of the molecule is CC(C)N1CCN(C(=O)c2cccc(CC(C)N3CCCCCC3)c2)CC1. The second-order valence-electron chi connectivity index (χ2n) is 8.63. The van der Waals surface area contributed by atoms with Crippen LogP contribution in [0.2, 0.25) is 0 Å². The van der Waals surface area contributed by atoms with E-state index in [2.05, 4.69) is 48.8 Å². The van der Waals surface area contributed by atoms with Gasteiger partial charge < -0.3 is 9.80 Å². The van der Waals surface area contributed by atoms with E-state index in [1.165, 1.54) is 44.3 Å². The van der Waals surface area contributed by atoms with Gasteiger partial charge in [0.05, 0.1) is 0 Å². The second-order valence-corrected chi connectivity index (χ2v) is 8.63. The van der Waals surface area contributed by atoms with E-state index in [-0.39, 0.29) is 5.91 Å². The van der Waals surface area contributed by atoms with Crippen LogP contribution >= 0.6 is 0 Å². The summed E-state index contributed by atoms with van der Waals surface area (Å²) in [6.45, 7) is 12.9. The molecule has 2 aliphatic rings. The minimum atomic E-state index is 0.197. The van der Waals surface area contributed by atoms with Gasteiger partial charge in [0.15, 0.2) is 0 Å². The van der Waals surface area contributed by atoms with Gasteiger partial charge in [-0.3, -0.25) is 9.69 Å². The molecule has 0 N–H and O–H groups in total. The molecule has 0 bridgehead atoms. The van der Waals surface area contributed by atoms with Crippen LogP contribution < -0.4 is 0 Å². The molecule has 0 radical (unpaired) electrons. The summed E-state index contributed by atoms with van der Waals surface area (Å²) in [4.78, 5) is 20.1. The molecule has 27 heavy (non-hydrogen) atoms. The predicted molar refractivity (Wildman–Crippen MR) is 112 cm³/mol. The molecule has 0 aromatic heterocycles. The standard InChI is InChI=1S/C23H37N3O/c1-19(2)24-13-15-26(16-14-24)23(27)22-10-8-9-21(18-22)17-20(3)25-11-6-4-5-7-12-25/h8-10,18-20H,4-7,11-17H2,1-3H3. The van der Waals surface area contributed by atoms with Crippen molar-refractivity contribution in [1.82, 2.24) is 14.7 Å². The van der Waals surface area contributed by atoms with E-state index < -0.39 is 0 Å². The van der Waals surface area contributed by atoms with Gasteiger partial charge in [0.25, 0.3) is 5.91 Å². The Morgan fingerprint density at radius 1 is 0.889 bits per heavy atom. The summed E-state index contributed by atoms with van der Waals surface area (Å²) in [5, 5.41) is 0. The lowest BCUT2D eigenvalue weighted by Crippen LogP contribution is -2.50. The molecule has 1 unspecified atom stereocenters. The zero-order valence-corrected chi connectivity index (χ0v) is 17.5. The van der Waals surface area contributed by atoms with Crippen molar-refractivity contribution in [3.63, 3.8) is 0 Å². The summed E-state index contributed by atoms with van der Waals surface area (Å²) in [6, 6.07) is 9.46. The predicted octanol–water partition coefficient (Wildman–Crippen LogP) is 3.66. The summed E-state index contributed by atoms with van der Waals surface area (Å²) in [7, 11) is 0. The quantitative estimate of drug-likeness (QED) is 0.790. The fourth-order valence-electron chi connectivity index (χ4n) is 4.46. The van der Waals surface area contributed by atoms with Gasteiger partial charge in [-0.05, 0) is 70.8 Å². The zero-order valence-electron chi connectivity index (χ0n) is 17.5. The number of piperazine rings is 1. The largest absolute Gasteiger partial charge is 0.336 e. The Morgan fingerprint density at radius 3 is 2.19 bits per heavy atom. The highest BCUT2D eigenvalue weighted by molar-refractivity contribution is 5.94. The van der Waals surface area contributed by atoms with E-state index >= 15 is 0 Å². The maximum atomic E-state index is 13.0. The minimum Gasteiger partial charge on any atom is -0.336 e. The van der Waals surface area contributed by atoms with Crippen LogP contribution in [0.1, 0.15) is 62.4 Å². The lowest BCUT2D eigenvalue weighted by Gasteiger charge is -2.37. The first-order chi connectivity index (χ1) is 13.0. The maximum absolute atomic E-state index is 13.0. The van der Waals surface area contributed by atoms with Gasteiger partial charge >= 0.3 is 0 Å². The van der Waals surface area contributed by atoms with Gasteiger partial charge in [-0.15, -0.1) is 0 Å². The van der Waals surface area contributed by atoms with Crippen molar-refractivity contribution in [3.05, 3.63) is 35.4 Å². The molecule has 0 aliphatic carbocycles. The third-order valence-electron chi connectivity index (χ3n) is 6.30. The number of carbonyl (C=O) groups excluding carboxylic acids is 1. The van der Waals surface area contributed by atoms with Crippen molar-refractivity contribution in [2.24, 2.45) is 0 Å². The van der Waals surface area contributed by atoms with Crippen molar-refractivity contribution >= 4 is 5.91 Å². The number of benzene rings is 1. The normalized spacial score (nSPS) is 21.3. The number of amides is 1. The molecule has 1 aromatic carbocycles. The molecule has 3 rings (SSSR count). The molecule has 0 saturated carbocycles. The van der Waals surface area contributed by atoms with Crippen molar-refractivity contribution in [2.45, 2.75) is 65.0 Å². The molecule has 1 aromatic rings. The molecule has 2 fully saturated rings. The fraction of sp³-hybridized carbons (Fsp3) is 0.696. The summed E-state index contributed by atoms with van der Waals surface area (Å²) in [5.74, 6) is 0.197. The Bertz CT molecular complexity index is 599. The van der Waals surface area contributed by atoms with Crippen molar-refractivity contribution in [2.75, 3.05) is 39.3 Å². The van der Waals surface area contributed by atoms with Crippen LogP contribution in [0, 0.1) is 0 Å². The molecular weight excluding hydrogens is 334 g/mol. The average Bonchev–Trinajstić information content (AvgIpc) is 2.97. The monoisotopic (exact) mass is 371 g/mol. The molecule has 0 spiro atoms. The number of carbonyl (C=O) groups is 1. The van der Waals surface area contributed by atoms with E-state index in [9.17, 15) is 4.79 Å². The highest BCUT2D eigenvalue weighted by Crippen LogP contribution is 2.17. The topological polar surface area (TPSA) is 26.8 Å². The molecule has 2 saturated heterocycles. The number of rotatable bonds is 5. The average molecular weight is 372 g/mol. The van der Waals surface area contributed by atoms with Crippen molar-refractivity contribution < 1.29 is 4.79 Å². The first kappa shape index (κ1) is 20.3. The Kier molecular flexibility index (Phi) is 7.31. The van der Waals surface area contributed by atoms with Crippen molar-refractivity contribution in [1.29, 1.82) is 0 Å². The number of likely N-dealkylation sites (tertiary alicyclic amines) is 1. The zero-order chi connectivity index (χ0) is 19.2. The van der Waals surface area contributed by atoms with Gasteiger partial charge in [-0.25, -0.2) is 0 Å².